The minimum Gasteiger partial charge on any atom is -0.207 e. The number of hydrogen-bond acceptors (Lipinski definition) is 2. The van der Waals surface area contributed by atoms with Gasteiger partial charge in [-0.3, -0.25) is 0 Å². The second-order valence-corrected chi connectivity index (χ2v) is 6.01. The molecule has 2 aromatic rings. The molecule has 0 unspecified atom stereocenters. The van der Waals surface area contributed by atoms with E-state index >= 15 is 0 Å². The molecule has 0 aliphatic carbocycles. The van der Waals surface area contributed by atoms with E-state index in [1.54, 1.807) is 31.2 Å². The fourth-order valence-corrected chi connectivity index (χ4v) is 3.09. The van der Waals surface area contributed by atoms with Gasteiger partial charge in [-0.25, -0.2) is 21.9 Å². The van der Waals surface area contributed by atoms with Gasteiger partial charge in [-0.15, -0.1) is 0 Å². The summed E-state index contributed by atoms with van der Waals surface area (Å²) in [6.45, 7) is 1.65. The van der Waals surface area contributed by atoms with E-state index in [1.165, 1.54) is 0 Å². The highest BCUT2D eigenvalue weighted by atomic mass is 32.2. The topological polar surface area (TPSA) is 46.2 Å². The number of halogens is 2. The van der Waals surface area contributed by atoms with Crippen LogP contribution >= 0.6 is 0 Å². The van der Waals surface area contributed by atoms with Crippen molar-refractivity contribution < 1.29 is 17.2 Å². The minimum atomic E-state index is -4.05. The van der Waals surface area contributed by atoms with Gasteiger partial charge in [0.05, 0.1) is 0 Å². The van der Waals surface area contributed by atoms with E-state index in [4.69, 9.17) is 0 Å². The Balaban J connectivity index is 2.28. The van der Waals surface area contributed by atoms with Crippen LogP contribution in [0.25, 0.3) is 0 Å². The van der Waals surface area contributed by atoms with Gasteiger partial charge < -0.3 is 0 Å². The van der Waals surface area contributed by atoms with Gasteiger partial charge in [-0.1, -0.05) is 30.3 Å². The SMILES string of the molecule is C[C@@H](NS(=O)(=O)c1ccc(F)cc1F)c1ccccc1. The van der Waals surface area contributed by atoms with Gasteiger partial charge in [0, 0.05) is 12.1 Å². The molecule has 0 amide bonds. The summed E-state index contributed by atoms with van der Waals surface area (Å²) in [6, 6.07) is 10.7. The van der Waals surface area contributed by atoms with Crippen molar-refractivity contribution in [2.45, 2.75) is 17.9 Å². The van der Waals surface area contributed by atoms with Crippen LogP contribution in [0.3, 0.4) is 0 Å². The predicted octanol–water partition coefficient (Wildman–Crippen LogP) is 3.00. The largest absolute Gasteiger partial charge is 0.244 e. The summed E-state index contributed by atoms with van der Waals surface area (Å²) < 4.78 is 52.9. The average molecular weight is 297 g/mol. The minimum absolute atomic E-state index is 0.523. The maximum Gasteiger partial charge on any atom is 0.244 e. The molecular formula is C14H13F2NO2S. The summed E-state index contributed by atoms with van der Waals surface area (Å²) >= 11 is 0. The molecule has 20 heavy (non-hydrogen) atoms. The third-order valence-electron chi connectivity index (χ3n) is 2.81. The molecule has 0 saturated carbocycles. The summed E-state index contributed by atoms with van der Waals surface area (Å²) in [5, 5.41) is 0. The van der Waals surface area contributed by atoms with Crippen molar-refractivity contribution in [2.75, 3.05) is 0 Å². The van der Waals surface area contributed by atoms with Crippen LogP contribution in [0, 0.1) is 11.6 Å². The lowest BCUT2D eigenvalue weighted by Gasteiger charge is -2.15. The summed E-state index contributed by atoms with van der Waals surface area (Å²) in [4.78, 5) is -0.568. The van der Waals surface area contributed by atoms with Crippen LogP contribution in [-0.2, 0) is 10.0 Å². The molecule has 0 saturated heterocycles. The first kappa shape index (κ1) is 14.6. The van der Waals surface area contributed by atoms with E-state index in [-0.39, 0.29) is 0 Å². The molecule has 6 heteroatoms. The van der Waals surface area contributed by atoms with Crippen LogP contribution in [0.5, 0.6) is 0 Å². The van der Waals surface area contributed by atoms with Crippen molar-refractivity contribution in [1.29, 1.82) is 0 Å². The van der Waals surface area contributed by atoms with E-state index < -0.39 is 32.6 Å². The van der Waals surface area contributed by atoms with Gasteiger partial charge in [0.1, 0.15) is 16.5 Å². The van der Waals surface area contributed by atoms with Gasteiger partial charge >= 0.3 is 0 Å². The van der Waals surface area contributed by atoms with E-state index in [0.29, 0.717) is 6.07 Å². The predicted molar refractivity (Wildman–Crippen MR) is 71.5 cm³/mol. The van der Waals surface area contributed by atoms with Gasteiger partial charge in [-0.05, 0) is 24.6 Å². The van der Waals surface area contributed by atoms with E-state index in [9.17, 15) is 17.2 Å². The third-order valence-corrected chi connectivity index (χ3v) is 4.39. The third kappa shape index (κ3) is 3.20. The molecule has 0 aromatic heterocycles. The monoisotopic (exact) mass is 297 g/mol. The number of benzene rings is 2. The molecule has 1 atom stereocenters. The van der Waals surface area contributed by atoms with Crippen molar-refractivity contribution in [3.63, 3.8) is 0 Å². The molecule has 0 aliphatic heterocycles. The molecule has 2 aromatic carbocycles. The second-order valence-electron chi connectivity index (χ2n) is 4.33. The Bertz CT molecular complexity index is 702. The summed E-state index contributed by atoms with van der Waals surface area (Å²) in [7, 11) is -4.05. The zero-order valence-electron chi connectivity index (χ0n) is 10.7. The highest BCUT2D eigenvalue weighted by Gasteiger charge is 2.22. The van der Waals surface area contributed by atoms with Gasteiger partial charge in [0.15, 0.2) is 0 Å². The Labute approximate surface area is 116 Å². The van der Waals surface area contributed by atoms with Crippen molar-refractivity contribution in [1.82, 2.24) is 4.72 Å². The summed E-state index contributed by atoms with van der Waals surface area (Å²) in [6.07, 6.45) is 0. The molecule has 3 nitrogen and oxygen atoms in total. The summed E-state index contributed by atoms with van der Waals surface area (Å²) in [5.41, 5.74) is 0.749. The van der Waals surface area contributed by atoms with Crippen LogP contribution in [-0.4, -0.2) is 8.42 Å². The highest BCUT2D eigenvalue weighted by molar-refractivity contribution is 7.89. The quantitative estimate of drug-likeness (QED) is 0.943. The molecule has 0 radical (unpaired) electrons. The Morgan fingerprint density at radius 3 is 2.30 bits per heavy atom. The molecule has 2 rings (SSSR count). The lowest BCUT2D eigenvalue weighted by molar-refractivity contribution is 0.536. The Morgan fingerprint density at radius 1 is 1.05 bits per heavy atom. The van der Waals surface area contributed by atoms with Gasteiger partial charge in [-0.2, -0.15) is 0 Å². The van der Waals surface area contributed by atoms with Crippen molar-refractivity contribution in [3.8, 4) is 0 Å². The first-order chi connectivity index (χ1) is 9.40. The normalized spacial score (nSPS) is 13.2. The van der Waals surface area contributed by atoms with Crippen LogP contribution in [0.1, 0.15) is 18.5 Å². The van der Waals surface area contributed by atoms with E-state index in [0.717, 1.165) is 17.7 Å². The number of hydrogen-bond donors (Lipinski definition) is 1. The molecule has 0 spiro atoms. The molecule has 0 bridgehead atoms. The summed E-state index contributed by atoms with van der Waals surface area (Å²) in [5.74, 6) is -1.93. The smallest absolute Gasteiger partial charge is 0.207 e. The van der Waals surface area contributed by atoms with Crippen LogP contribution < -0.4 is 4.72 Å². The first-order valence-corrected chi connectivity index (χ1v) is 7.41. The number of sulfonamides is 1. The number of rotatable bonds is 4. The highest BCUT2D eigenvalue weighted by Crippen LogP contribution is 2.19. The lowest BCUT2D eigenvalue weighted by atomic mass is 10.1. The number of nitrogens with one attached hydrogen (secondary N) is 1. The van der Waals surface area contributed by atoms with Crippen LogP contribution in [0.15, 0.2) is 53.4 Å². The lowest BCUT2D eigenvalue weighted by Crippen LogP contribution is -2.27. The second kappa shape index (κ2) is 5.68. The zero-order chi connectivity index (χ0) is 14.8. The molecule has 0 fully saturated rings. The molecule has 106 valence electrons. The first-order valence-electron chi connectivity index (χ1n) is 5.92. The zero-order valence-corrected chi connectivity index (χ0v) is 11.5. The maximum atomic E-state index is 13.5. The Hall–Kier alpha value is -1.79. The van der Waals surface area contributed by atoms with Crippen molar-refractivity contribution in [3.05, 3.63) is 65.7 Å². The van der Waals surface area contributed by atoms with Crippen LogP contribution in [0.4, 0.5) is 8.78 Å². The van der Waals surface area contributed by atoms with Gasteiger partial charge in [0.2, 0.25) is 10.0 Å². The molecule has 1 N–H and O–H groups in total. The van der Waals surface area contributed by atoms with Crippen molar-refractivity contribution in [2.24, 2.45) is 0 Å². The molecule has 0 heterocycles. The van der Waals surface area contributed by atoms with Gasteiger partial charge in [0.25, 0.3) is 0 Å². The maximum absolute atomic E-state index is 13.5. The molecular weight excluding hydrogens is 284 g/mol. The Morgan fingerprint density at radius 2 is 1.70 bits per heavy atom. The average Bonchev–Trinajstić information content (AvgIpc) is 2.38. The van der Waals surface area contributed by atoms with Crippen LogP contribution in [0.2, 0.25) is 0 Å². The van der Waals surface area contributed by atoms with E-state index in [2.05, 4.69) is 4.72 Å². The standard InChI is InChI=1S/C14H13F2NO2S/c1-10(11-5-3-2-4-6-11)17-20(18,19)14-8-7-12(15)9-13(14)16/h2-10,17H,1H3/t10-/m1/s1. The molecule has 0 aliphatic rings. The van der Waals surface area contributed by atoms with E-state index in [1.807, 2.05) is 6.07 Å². The fraction of sp³-hybridized carbons (Fsp3) is 0.143. The fourth-order valence-electron chi connectivity index (χ4n) is 1.80. The Kier molecular flexibility index (Phi) is 4.15. The van der Waals surface area contributed by atoms with Crippen molar-refractivity contribution >= 4 is 10.0 Å².